The SMILES string of the molecule is Cc1ccc(S(=O)(=O)N2CCN(C(=O)CCc3ncc(-c4ccc(F)cc4)o3)CC2)c(C)c1. The highest BCUT2D eigenvalue weighted by molar-refractivity contribution is 7.89. The third-order valence-corrected chi connectivity index (χ3v) is 7.83. The Kier molecular flexibility index (Phi) is 6.62. The summed E-state index contributed by atoms with van der Waals surface area (Å²) in [4.78, 5) is 18.8. The first kappa shape index (κ1) is 23.1. The number of halogens is 1. The van der Waals surface area contributed by atoms with Gasteiger partial charge in [-0.2, -0.15) is 4.31 Å². The molecule has 0 aliphatic carbocycles. The van der Waals surface area contributed by atoms with Gasteiger partial charge in [0.25, 0.3) is 0 Å². The van der Waals surface area contributed by atoms with Crippen LogP contribution in [0.25, 0.3) is 11.3 Å². The molecule has 0 radical (unpaired) electrons. The molecular formula is C24H26FN3O4S. The molecule has 0 saturated carbocycles. The topological polar surface area (TPSA) is 83.7 Å². The number of hydrogen-bond donors (Lipinski definition) is 0. The molecule has 0 unspecified atom stereocenters. The number of hydrogen-bond acceptors (Lipinski definition) is 5. The highest BCUT2D eigenvalue weighted by atomic mass is 32.2. The number of oxazole rings is 1. The standard InChI is InChI=1S/C24H26FN3O4S/c1-17-3-8-22(18(2)15-17)33(30,31)28-13-11-27(12-14-28)24(29)10-9-23-26-16-21(32-23)19-4-6-20(25)7-5-19/h3-8,15-16H,9-14H2,1-2H3. The maximum absolute atomic E-state index is 13.1. The van der Waals surface area contributed by atoms with Gasteiger partial charge in [-0.15, -0.1) is 0 Å². The van der Waals surface area contributed by atoms with E-state index in [2.05, 4.69) is 4.98 Å². The van der Waals surface area contributed by atoms with Crippen molar-refractivity contribution in [2.45, 2.75) is 31.6 Å². The Morgan fingerprint density at radius 2 is 1.76 bits per heavy atom. The molecule has 3 aromatic rings. The Labute approximate surface area is 192 Å². The highest BCUT2D eigenvalue weighted by Gasteiger charge is 2.31. The van der Waals surface area contributed by atoms with Gasteiger partial charge in [0.15, 0.2) is 11.7 Å². The molecule has 0 N–H and O–H groups in total. The van der Waals surface area contributed by atoms with Crippen molar-refractivity contribution in [1.82, 2.24) is 14.2 Å². The van der Waals surface area contributed by atoms with Crippen LogP contribution in [0.4, 0.5) is 4.39 Å². The van der Waals surface area contributed by atoms with Crippen LogP contribution < -0.4 is 0 Å². The predicted octanol–water partition coefficient (Wildman–Crippen LogP) is 3.56. The van der Waals surface area contributed by atoms with E-state index < -0.39 is 10.0 Å². The van der Waals surface area contributed by atoms with Crippen LogP contribution in [0.3, 0.4) is 0 Å². The molecule has 0 spiro atoms. The van der Waals surface area contributed by atoms with E-state index in [4.69, 9.17) is 4.42 Å². The lowest BCUT2D eigenvalue weighted by Crippen LogP contribution is -2.50. The number of aryl methyl sites for hydroxylation is 3. The van der Waals surface area contributed by atoms with E-state index in [0.29, 0.717) is 41.6 Å². The third-order valence-electron chi connectivity index (χ3n) is 5.77. The summed E-state index contributed by atoms with van der Waals surface area (Å²) in [5.41, 5.74) is 2.44. The molecule has 1 aliphatic heterocycles. The number of aromatic nitrogens is 1. The van der Waals surface area contributed by atoms with Gasteiger partial charge in [-0.05, 0) is 49.7 Å². The summed E-state index contributed by atoms with van der Waals surface area (Å²) in [5, 5.41) is 0. The minimum Gasteiger partial charge on any atom is -0.441 e. The van der Waals surface area contributed by atoms with E-state index in [9.17, 15) is 17.6 Å². The van der Waals surface area contributed by atoms with E-state index in [1.54, 1.807) is 42.3 Å². The van der Waals surface area contributed by atoms with Crippen LogP contribution in [0.5, 0.6) is 0 Å². The molecule has 1 amide bonds. The molecule has 1 aliphatic rings. The molecule has 7 nitrogen and oxygen atoms in total. The van der Waals surface area contributed by atoms with Gasteiger partial charge in [-0.1, -0.05) is 17.7 Å². The van der Waals surface area contributed by atoms with E-state index in [0.717, 1.165) is 11.1 Å². The summed E-state index contributed by atoms with van der Waals surface area (Å²) in [5.74, 6) is 0.549. The van der Waals surface area contributed by atoms with Crippen LogP contribution in [0.15, 0.2) is 58.0 Å². The van der Waals surface area contributed by atoms with Gasteiger partial charge in [0.1, 0.15) is 5.82 Å². The zero-order chi connectivity index (χ0) is 23.6. The number of carbonyl (C=O) groups excluding carboxylic acids is 1. The molecule has 1 saturated heterocycles. The van der Waals surface area contributed by atoms with Gasteiger partial charge in [-0.3, -0.25) is 4.79 Å². The molecule has 0 atom stereocenters. The fraction of sp³-hybridized carbons (Fsp3) is 0.333. The van der Waals surface area contributed by atoms with Crippen molar-refractivity contribution >= 4 is 15.9 Å². The second kappa shape index (κ2) is 9.44. The third kappa shape index (κ3) is 5.15. The number of sulfonamides is 1. The van der Waals surface area contributed by atoms with E-state index in [1.807, 2.05) is 13.0 Å². The number of amides is 1. The first-order valence-electron chi connectivity index (χ1n) is 10.8. The zero-order valence-corrected chi connectivity index (χ0v) is 19.4. The maximum Gasteiger partial charge on any atom is 0.243 e. The number of rotatable bonds is 6. The second-order valence-corrected chi connectivity index (χ2v) is 10.1. The number of nitrogens with zero attached hydrogens (tertiary/aromatic N) is 3. The highest BCUT2D eigenvalue weighted by Crippen LogP contribution is 2.23. The van der Waals surface area contributed by atoms with Crippen molar-refractivity contribution < 1.29 is 22.0 Å². The molecule has 2 heterocycles. The molecule has 174 valence electrons. The quantitative estimate of drug-likeness (QED) is 0.549. The summed E-state index contributed by atoms with van der Waals surface area (Å²) in [6.07, 6.45) is 2.11. The number of carbonyl (C=O) groups is 1. The molecule has 2 aromatic carbocycles. The normalized spacial score (nSPS) is 15.1. The second-order valence-electron chi connectivity index (χ2n) is 8.18. The summed E-state index contributed by atoms with van der Waals surface area (Å²) in [7, 11) is -3.59. The first-order chi connectivity index (χ1) is 15.7. The Morgan fingerprint density at radius 1 is 1.06 bits per heavy atom. The fourth-order valence-electron chi connectivity index (χ4n) is 3.95. The van der Waals surface area contributed by atoms with Crippen molar-refractivity contribution in [3.05, 3.63) is 71.5 Å². The average Bonchev–Trinajstić information content (AvgIpc) is 3.27. The lowest BCUT2D eigenvalue weighted by Gasteiger charge is -2.34. The molecule has 1 fully saturated rings. The minimum atomic E-state index is -3.59. The van der Waals surface area contributed by atoms with Crippen molar-refractivity contribution in [2.75, 3.05) is 26.2 Å². The molecule has 4 rings (SSSR count). The summed E-state index contributed by atoms with van der Waals surface area (Å²) >= 11 is 0. The van der Waals surface area contributed by atoms with Crippen LogP contribution >= 0.6 is 0 Å². The van der Waals surface area contributed by atoms with Crippen LogP contribution in [-0.4, -0.2) is 54.7 Å². The zero-order valence-electron chi connectivity index (χ0n) is 18.6. The van der Waals surface area contributed by atoms with Crippen molar-refractivity contribution in [3.63, 3.8) is 0 Å². The lowest BCUT2D eigenvalue weighted by molar-refractivity contribution is -0.132. The van der Waals surface area contributed by atoms with Crippen molar-refractivity contribution in [3.8, 4) is 11.3 Å². The predicted molar refractivity (Wildman–Crippen MR) is 121 cm³/mol. The van der Waals surface area contributed by atoms with E-state index in [-0.39, 0.29) is 31.2 Å². The molecule has 1 aromatic heterocycles. The van der Waals surface area contributed by atoms with Gasteiger partial charge < -0.3 is 9.32 Å². The van der Waals surface area contributed by atoms with Crippen molar-refractivity contribution in [2.24, 2.45) is 0 Å². The lowest BCUT2D eigenvalue weighted by atomic mass is 10.2. The summed E-state index contributed by atoms with van der Waals surface area (Å²) in [6.45, 7) is 4.93. The largest absolute Gasteiger partial charge is 0.441 e. The Balaban J connectivity index is 1.31. The minimum absolute atomic E-state index is 0.0694. The smallest absolute Gasteiger partial charge is 0.243 e. The van der Waals surface area contributed by atoms with Gasteiger partial charge in [0.05, 0.1) is 11.1 Å². The average molecular weight is 472 g/mol. The Morgan fingerprint density at radius 3 is 2.42 bits per heavy atom. The Bertz CT molecular complexity index is 1250. The first-order valence-corrected chi connectivity index (χ1v) is 12.2. The van der Waals surface area contributed by atoms with E-state index >= 15 is 0 Å². The monoisotopic (exact) mass is 471 g/mol. The number of piperazine rings is 1. The van der Waals surface area contributed by atoms with Gasteiger partial charge in [0, 0.05) is 44.6 Å². The molecule has 33 heavy (non-hydrogen) atoms. The Hall–Kier alpha value is -3.04. The van der Waals surface area contributed by atoms with Crippen LogP contribution in [0, 0.1) is 19.7 Å². The summed E-state index contributed by atoms with van der Waals surface area (Å²) in [6, 6.07) is 11.2. The maximum atomic E-state index is 13.1. The van der Waals surface area contributed by atoms with Crippen LogP contribution in [0.1, 0.15) is 23.4 Å². The fourth-order valence-corrected chi connectivity index (χ4v) is 5.58. The van der Waals surface area contributed by atoms with Gasteiger partial charge in [0.2, 0.25) is 15.9 Å². The van der Waals surface area contributed by atoms with E-state index in [1.165, 1.54) is 16.4 Å². The van der Waals surface area contributed by atoms with Crippen molar-refractivity contribution in [1.29, 1.82) is 0 Å². The molecule has 9 heteroatoms. The molecular weight excluding hydrogens is 445 g/mol. The van der Waals surface area contributed by atoms with Gasteiger partial charge >= 0.3 is 0 Å². The molecule has 0 bridgehead atoms. The van der Waals surface area contributed by atoms with Crippen LogP contribution in [-0.2, 0) is 21.2 Å². The number of benzene rings is 2. The van der Waals surface area contributed by atoms with Crippen LogP contribution in [0.2, 0.25) is 0 Å². The summed E-state index contributed by atoms with van der Waals surface area (Å²) < 4.78 is 46.3. The van der Waals surface area contributed by atoms with Gasteiger partial charge in [-0.25, -0.2) is 17.8 Å².